The Morgan fingerprint density at radius 1 is 0.417 bits per heavy atom. The lowest BCUT2D eigenvalue weighted by atomic mass is 9.41. The van der Waals surface area contributed by atoms with E-state index in [2.05, 4.69) is 45.2 Å². The molecule has 12 heavy (non-hydrogen) atoms. The fourth-order valence-corrected chi connectivity index (χ4v) is 9.86. The molecule has 10 atom stereocenters. The standard InChI is InChI=1S/C10H10I2/c11-9-5-1-2-4(5)8-7(9)3(1)6(2)10(8)12/h1-10H/t1-,2+,3+,4-,5-,6-,7-,8+,9+,10+/m1/s1. The zero-order valence-electron chi connectivity index (χ0n) is 6.53. The quantitative estimate of drug-likeness (QED) is 0.445. The van der Waals surface area contributed by atoms with Gasteiger partial charge in [-0.3, -0.25) is 0 Å². The van der Waals surface area contributed by atoms with Crippen molar-refractivity contribution in [2.75, 3.05) is 0 Å². The van der Waals surface area contributed by atoms with Crippen molar-refractivity contribution < 1.29 is 0 Å². The lowest BCUT2D eigenvalue weighted by molar-refractivity contribution is -0.168. The Morgan fingerprint density at radius 3 is 1.00 bits per heavy atom. The summed E-state index contributed by atoms with van der Waals surface area (Å²) in [7, 11) is 0. The van der Waals surface area contributed by atoms with Crippen molar-refractivity contribution in [1.82, 2.24) is 0 Å². The van der Waals surface area contributed by atoms with E-state index in [9.17, 15) is 0 Å². The van der Waals surface area contributed by atoms with E-state index in [1.54, 1.807) is 0 Å². The second kappa shape index (κ2) is 1.65. The summed E-state index contributed by atoms with van der Waals surface area (Å²) >= 11 is 5.57. The van der Waals surface area contributed by atoms with Gasteiger partial charge in [0.05, 0.1) is 0 Å². The molecule has 0 heterocycles. The second-order valence-electron chi connectivity index (χ2n) is 5.51. The molecule has 0 aromatic rings. The summed E-state index contributed by atoms with van der Waals surface area (Å²) in [4.78, 5) is 0. The molecular weight excluding hydrogens is 374 g/mol. The smallest absolute Gasteiger partial charge is 0.0178 e. The fraction of sp³-hybridized carbons (Fsp3) is 1.00. The van der Waals surface area contributed by atoms with E-state index in [0.717, 1.165) is 7.85 Å². The van der Waals surface area contributed by atoms with Gasteiger partial charge >= 0.3 is 0 Å². The van der Waals surface area contributed by atoms with Crippen molar-refractivity contribution >= 4 is 45.2 Å². The largest absolute Gasteiger partial charge is 0.0820 e. The highest BCUT2D eigenvalue weighted by Crippen LogP contribution is 2.90. The molecule has 0 saturated heterocycles. The van der Waals surface area contributed by atoms with Gasteiger partial charge in [-0.1, -0.05) is 45.2 Å². The minimum Gasteiger partial charge on any atom is -0.0820 e. The van der Waals surface area contributed by atoms with E-state index in [4.69, 9.17) is 0 Å². The second-order valence-corrected chi connectivity index (χ2v) is 8.38. The van der Waals surface area contributed by atoms with Crippen molar-refractivity contribution in [2.24, 2.45) is 47.3 Å². The molecule has 0 aliphatic heterocycles. The summed E-state index contributed by atoms with van der Waals surface area (Å²) in [5.74, 6) is 9.80. The molecule has 6 rings (SSSR count). The zero-order valence-corrected chi connectivity index (χ0v) is 10.8. The molecule has 0 amide bonds. The van der Waals surface area contributed by atoms with Crippen molar-refractivity contribution in [3.8, 4) is 0 Å². The van der Waals surface area contributed by atoms with E-state index < -0.39 is 0 Å². The van der Waals surface area contributed by atoms with Crippen molar-refractivity contribution in [2.45, 2.75) is 7.85 Å². The first-order valence-corrected chi connectivity index (χ1v) is 7.59. The van der Waals surface area contributed by atoms with Crippen LogP contribution in [0.1, 0.15) is 0 Å². The number of hydrogen-bond donors (Lipinski definition) is 0. The molecule has 6 aliphatic carbocycles. The fourth-order valence-electron chi connectivity index (χ4n) is 6.03. The number of halogens is 2. The lowest BCUT2D eigenvalue weighted by Crippen LogP contribution is -2.61. The lowest BCUT2D eigenvalue weighted by Gasteiger charge is -2.63. The first-order valence-electron chi connectivity index (χ1n) is 5.10. The molecule has 4 bridgehead atoms. The van der Waals surface area contributed by atoms with Gasteiger partial charge in [0.15, 0.2) is 0 Å². The third-order valence-corrected chi connectivity index (χ3v) is 9.24. The number of hydrogen-bond acceptors (Lipinski definition) is 0. The molecule has 64 valence electrons. The van der Waals surface area contributed by atoms with Crippen LogP contribution in [0.4, 0.5) is 0 Å². The molecule has 0 unspecified atom stereocenters. The Hall–Kier alpha value is 1.46. The zero-order chi connectivity index (χ0) is 7.77. The van der Waals surface area contributed by atoms with Crippen LogP contribution in [-0.2, 0) is 0 Å². The van der Waals surface area contributed by atoms with Crippen molar-refractivity contribution in [1.29, 1.82) is 0 Å². The first kappa shape index (κ1) is 6.85. The molecule has 0 radical (unpaired) electrons. The molecular formula is C10H10I2. The van der Waals surface area contributed by atoms with Crippen LogP contribution >= 0.6 is 45.2 Å². The van der Waals surface area contributed by atoms with Crippen LogP contribution in [0, 0.1) is 47.3 Å². The summed E-state index contributed by atoms with van der Waals surface area (Å²) < 4.78 is 2.21. The predicted molar refractivity (Wildman–Crippen MR) is 63.5 cm³/mol. The third kappa shape index (κ3) is 0.380. The molecule has 6 aliphatic rings. The molecule has 0 aromatic carbocycles. The summed E-state index contributed by atoms with van der Waals surface area (Å²) in [6.45, 7) is 0. The highest BCUT2D eigenvalue weighted by Gasteiger charge is 2.88. The minimum absolute atomic E-state index is 1.11. The van der Waals surface area contributed by atoms with E-state index in [0.29, 0.717) is 0 Å². The van der Waals surface area contributed by atoms with Crippen LogP contribution in [0.5, 0.6) is 0 Å². The van der Waals surface area contributed by atoms with Crippen LogP contribution in [0.15, 0.2) is 0 Å². The van der Waals surface area contributed by atoms with Gasteiger partial charge in [-0.2, -0.15) is 0 Å². The van der Waals surface area contributed by atoms with Gasteiger partial charge in [0.1, 0.15) is 0 Å². The summed E-state index contributed by atoms with van der Waals surface area (Å²) in [6, 6.07) is 0. The van der Waals surface area contributed by atoms with Crippen LogP contribution in [-0.4, -0.2) is 7.85 Å². The normalized spacial score (nSPS) is 90.5. The van der Waals surface area contributed by atoms with Crippen molar-refractivity contribution in [3.05, 3.63) is 0 Å². The van der Waals surface area contributed by atoms with Gasteiger partial charge < -0.3 is 0 Å². The van der Waals surface area contributed by atoms with Crippen LogP contribution in [0.3, 0.4) is 0 Å². The Labute approximate surface area is 99.5 Å². The average molecular weight is 384 g/mol. The van der Waals surface area contributed by atoms with Crippen LogP contribution in [0.2, 0.25) is 0 Å². The number of alkyl halides is 2. The summed E-state index contributed by atoms with van der Waals surface area (Å²) in [5.41, 5.74) is 0. The SMILES string of the molecule is I[C@@H]1[C@@H]2[C@@H]3[C@@H](I)[C@H]4[C@H]2[C@H]2[C@@H]1[C@@H]3[C@H]42. The van der Waals surface area contributed by atoms with E-state index in [1.165, 1.54) is 47.3 Å². The Balaban J connectivity index is 1.83. The molecule has 0 N–H and O–H groups in total. The van der Waals surface area contributed by atoms with Gasteiger partial charge in [-0.05, 0) is 47.3 Å². The van der Waals surface area contributed by atoms with Crippen LogP contribution in [0.25, 0.3) is 0 Å². The Morgan fingerprint density at radius 2 is 0.667 bits per heavy atom. The van der Waals surface area contributed by atoms with E-state index in [1.807, 2.05) is 0 Å². The molecule has 2 heteroatoms. The average Bonchev–Trinajstić information content (AvgIpc) is 2.45. The maximum absolute atomic E-state index is 2.78. The summed E-state index contributed by atoms with van der Waals surface area (Å²) in [6.07, 6.45) is 0. The summed E-state index contributed by atoms with van der Waals surface area (Å²) in [5, 5.41) is 0. The Bertz CT molecular complexity index is 268. The number of rotatable bonds is 0. The molecule has 0 spiro atoms. The van der Waals surface area contributed by atoms with Gasteiger partial charge in [0.2, 0.25) is 0 Å². The van der Waals surface area contributed by atoms with E-state index >= 15 is 0 Å². The highest BCUT2D eigenvalue weighted by molar-refractivity contribution is 14.1. The predicted octanol–water partition coefficient (Wildman–Crippen LogP) is 2.59. The molecule has 0 nitrogen and oxygen atoms in total. The monoisotopic (exact) mass is 384 g/mol. The van der Waals surface area contributed by atoms with Gasteiger partial charge in [0, 0.05) is 7.85 Å². The molecule has 0 aromatic heterocycles. The molecule has 6 fully saturated rings. The maximum Gasteiger partial charge on any atom is 0.0178 e. The molecule has 6 saturated carbocycles. The van der Waals surface area contributed by atoms with Gasteiger partial charge in [-0.25, -0.2) is 0 Å². The van der Waals surface area contributed by atoms with Gasteiger partial charge in [0.25, 0.3) is 0 Å². The van der Waals surface area contributed by atoms with Crippen LogP contribution < -0.4 is 0 Å². The third-order valence-electron chi connectivity index (χ3n) is 5.92. The maximum atomic E-state index is 2.78. The minimum atomic E-state index is 1.11. The van der Waals surface area contributed by atoms with E-state index in [-0.39, 0.29) is 0 Å². The topological polar surface area (TPSA) is 0 Å². The van der Waals surface area contributed by atoms with Crippen molar-refractivity contribution in [3.63, 3.8) is 0 Å². The highest BCUT2D eigenvalue weighted by atomic mass is 127. The Kier molecular flexibility index (Phi) is 0.944. The van der Waals surface area contributed by atoms with Gasteiger partial charge in [-0.15, -0.1) is 0 Å². The first-order chi connectivity index (χ1) is 5.82.